The summed E-state index contributed by atoms with van der Waals surface area (Å²) in [6.07, 6.45) is 3.19. The molecule has 32 heavy (non-hydrogen) atoms. The second-order valence-electron chi connectivity index (χ2n) is 8.20. The first-order valence-electron chi connectivity index (χ1n) is 11.1. The minimum atomic E-state index is -0.206. The number of rotatable bonds is 7. The summed E-state index contributed by atoms with van der Waals surface area (Å²) in [6.45, 7) is 8.56. The van der Waals surface area contributed by atoms with Crippen LogP contribution in [-0.2, 0) is 4.79 Å². The van der Waals surface area contributed by atoms with Gasteiger partial charge >= 0.3 is 0 Å². The smallest absolute Gasteiger partial charge is 0.274 e. The van der Waals surface area contributed by atoms with E-state index >= 15 is 0 Å². The fraction of sp³-hybridized carbons (Fsp3) is 0.308. The molecule has 0 aliphatic carbocycles. The van der Waals surface area contributed by atoms with Gasteiger partial charge in [-0.15, -0.1) is 4.91 Å². The number of hydrazone groups is 1. The molecule has 0 saturated carbocycles. The van der Waals surface area contributed by atoms with E-state index < -0.39 is 0 Å². The minimum Gasteiger partial charge on any atom is -0.332 e. The van der Waals surface area contributed by atoms with E-state index in [9.17, 15) is 9.70 Å². The predicted molar refractivity (Wildman–Crippen MR) is 127 cm³/mol. The van der Waals surface area contributed by atoms with Gasteiger partial charge in [0.15, 0.2) is 5.70 Å². The van der Waals surface area contributed by atoms with Gasteiger partial charge in [-0.05, 0) is 29.1 Å². The summed E-state index contributed by atoms with van der Waals surface area (Å²) in [7, 11) is 0. The molecule has 0 N–H and O–H groups in total. The first-order chi connectivity index (χ1) is 15.6. The van der Waals surface area contributed by atoms with Crippen LogP contribution in [0.2, 0.25) is 0 Å². The number of benzene rings is 2. The lowest BCUT2D eigenvalue weighted by Crippen LogP contribution is -2.58. The number of hydrogen-bond donors (Lipinski definition) is 0. The molecule has 1 amide bonds. The van der Waals surface area contributed by atoms with Crippen molar-refractivity contribution in [3.63, 3.8) is 0 Å². The second-order valence-corrected chi connectivity index (χ2v) is 8.20. The molecule has 0 spiro atoms. The van der Waals surface area contributed by atoms with E-state index in [1.165, 1.54) is 6.21 Å². The van der Waals surface area contributed by atoms with Crippen LogP contribution in [0.4, 0.5) is 0 Å². The summed E-state index contributed by atoms with van der Waals surface area (Å²) in [6, 6.07) is 20.4. The number of allylic oxidation sites excluding steroid dienone is 1. The van der Waals surface area contributed by atoms with Crippen LogP contribution in [-0.4, -0.2) is 40.7 Å². The molecule has 2 aliphatic rings. The standard InChI is InChI=1S/C26H28N4O2/c1-4-21(5-2)29-17-22(30-25(26(29)31)24(28-32)18(3)16-27-30)23(19-12-8-6-9-13-19)20-14-10-7-11-15-20/h6-16,21-23H,3-5,17H2,1-2H3. The van der Waals surface area contributed by atoms with Gasteiger partial charge in [-0.1, -0.05) is 81.1 Å². The first-order valence-corrected chi connectivity index (χ1v) is 11.1. The Labute approximate surface area is 188 Å². The third-order valence-corrected chi connectivity index (χ3v) is 6.43. The van der Waals surface area contributed by atoms with Gasteiger partial charge in [-0.3, -0.25) is 9.80 Å². The normalized spacial score (nSPS) is 18.6. The predicted octanol–water partition coefficient (Wildman–Crippen LogP) is 5.05. The highest BCUT2D eigenvalue weighted by Gasteiger charge is 2.45. The van der Waals surface area contributed by atoms with Crippen LogP contribution >= 0.6 is 0 Å². The molecule has 1 fully saturated rings. The highest BCUT2D eigenvalue weighted by atomic mass is 16.3. The topological polar surface area (TPSA) is 65.3 Å². The maximum absolute atomic E-state index is 13.6. The molecular formula is C26H28N4O2. The average molecular weight is 429 g/mol. The van der Waals surface area contributed by atoms with Crippen molar-refractivity contribution in [3.8, 4) is 0 Å². The molecule has 164 valence electrons. The molecule has 0 aromatic heterocycles. The molecule has 2 heterocycles. The molecule has 6 heteroatoms. The Morgan fingerprint density at radius 1 is 1.03 bits per heavy atom. The highest BCUT2D eigenvalue weighted by molar-refractivity contribution is 5.99. The molecule has 1 saturated heterocycles. The Hall–Kier alpha value is -3.54. The number of fused-ring (bicyclic) bond motifs is 1. The van der Waals surface area contributed by atoms with Crippen LogP contribution in [0.15, 0.2) is 94.5 Å². The number of nitrogens with zero attached hydrogens (tertiary/aromatic N) is 4. The Kier molecular flexibility index (Phi) is 6.30. The van der Waals surface area contributed by atoms with Gasteiger partial charge in [0.1, 0.15) is 5.70 Å². The van der Waals surface area contributed by atoms with Crippen LogP contribution in [0.25, 0.3) is 0 Å². The summed E-state index contributed by atoms with van der Waals surface area (Å²) in [5.74, 6) is -0.267. The summed E-state index contributed by atoms with van der Waals surface area (Å²) < 4.78 is 0. The van der Waals surface area contributed by atoms with E-state index in [1.807, 2.05) is 41.3 Å². The van der Waals surface area contributed by atoms with Crippen molar-refractivity contribution in [2.75, 3.05) is 6.54 Å². The summed E-state index contributed by atoms with van der Waals surface area (Å²) in [5, 5.41) is 9.49. The number of carbonyl (C=O) groups is 1. The molecular weight excluding hydrogens is 400 g/mol. The Morgan fingerprint density at radius 2 is 1.59 bits per heavy atom. The summed E-state index contributed by atoms with van der Waals surface area (Å²) in [4.78, 5) is 27.3. The lowest BCUT2D eigenvalue weighted by atomic mass is 9.82. The second kappa shape index (κ2) is 9.30. The van der Waals surface area contributed by atoms with E-state index in [-0.39, 0.29) is 35.3 Å². The summed E-state index contributed by atoms with van der Waals surface area (Å²) >= 11 is 0. The van der Waals surface area contributed by atoms with Crippen LogP contribution in [0.1, 0.15) is 43.7 Å². The van der Waals surface area contributed by atoms with Gasteiger partial charge in [0, 0.05) is 24.1 Å². The van der Waals surface area contributed by atoms with E-state index in [0.29, 0.717) is 12.1 Å². The molecule has 2 aromatic rings. The zero-order chi connectivity index (χ0) is 22.7. The third kappa shape index (κ3) is 3.77. The molecule has 0 radical (unpaired) electrons. The zero-order valence-corrected chi connectivity index (χ0v) is 18.5. The molecule has 2 aromatic carbocycles. The molecule has 2 aliphatic heterocycles. The van der Waals surface area contributed by atoms with Gasteiger partial charge < -0.3 is 4.90 Å². The van der Waals surface area contributed by atoms with E-state index in [1.54, 1.807) is 5.01 Å². The number of nitroso groups, excluding NO2 is 1. The van der Waals surface area contributed by atoms with Gasteiger partial charge in [0.2, 0.25) is 0 Å². The molecule has 6 nitrogen and oxygen atoms in total. The van der Waals surface area contributed by atoms with Crippen molar-refractivity contribution in [1.29, 1.82) is 0 Å². The van der Waals surface area contributed by atoms with Crippen LogP contribution < -0.4 is 0 Å². The maximum Gasteiger partial charge on any atom is 0.274 e. The Morgan fingerprint density at radius 3 is 2.09 bits per heavy atom. The summed E-state index contributed by atoms with van der Waals surface area (Å²) in [5.41, 5.74) is 2.92. The molecule has 1 unspecified atom stereocenters. The highest BCUT2D eigenvalue weighted by Crippen LogP contribution is 2.40. The van der Waals surface area contributed by atoms with Gasteiger partial charge in [-0.2, -0.15) is 5.10 Å². The van der Waals surface area contributed by atoms with Crippen molar-refractivity contribution >= 4 is 12.1 Å². The Bertz CT molecular complexity index is 1020. The lowest BCUT2D eigenvalue weighted by Gasteiger charge is -2.47. The van der Waals surface area contributed by atoms with E-state index in [2.05, 4.69) is 55.0 Å². The van der Waals surface area contributed by atoms with Crippen LogP contribution in [0, 0.1) is 4.91 Å². The van der Waals surface area contributed by atoms with Gasteiger partial charge in [0.25, 0.3) is 5.91 Å². The van der Waals surface area contributed by atoms with Crippen molar-refractivity contribution < 1.29 is 4.79 Å². The number of amides is 1. The van der Waals surface area contributed by atoms with Gasteiger partial charge in [-0.25, -0.2) is 0 Å². The van der Waals surface area contributed by atoms with E-state index in [0.717, 1.165) is 24.0 Å². The van der Waals surface area contributed by atoms with Crippen molar-refractivity contribution in [1.82, 2.24) is 9.91 Å². The fourth-order valence-corrected chi connectivity index (χ4v) is 4.81. The number of hydrogen-bond acceptors (Lipinski definition) is 5. The van der Waals surface area contributed by atoms with Crippen LogP contribution in [0.3, 0.4) is 0 Å². The van der Waals surface area contributed by atoms with E-state index in [4.69, 9.17) is 0 Å². The minimum absolute atomic E-state index is 0.0613. The zero-order valence-electron chi connectivity index (χ0n) is 18.5. The molecule has 4 rings (SSSR count). The van der Waals surface area contributed by atoms with Gasteiger partial charge in [0.05, 0.1) is 12.3 Å². The first kappa shape index (κ1) is 21.7. The SMILES string of the molecule is C=C1C=NN2C(=C1N=O)C(=O)N(C(CC)CC)CC2C(c1ccccc1)c1ccccc1. The molecule has 1 atom stereocenters. The van der Waals surface area contributed by atoms with Crippen molar-refractivity contribution in [2.45, 2.75) is 44.7 Å². The largest absolute Gasteiger partial charge is 0.332 e. The maximum atomic E-state index is 13.6. The number of piperazine rings is 1. The Balaban J connectivity index is 1.91. The lowest BCUT2D eigenvalue weighted by molar-refractivity contribution is -0.136. The third-order valence-electron chi connectivity index (χ3n) is 6.43. The number of carbonyl (C=O) groups excluding carboxylic acids is 1. The van der Waals surface area contributed by atoms with Crippen LogP contribution in [0.5, 0.6) is 0 Å². The molecule has 0 bridgehead atoms. The fourth-order valence-electron chi connectivity index (χ4n) is 4.81. The average Bonchev–Trinajstić information content (AvgIpc) is 2.83. The monoisotopic (exact) mass is 428 g/mol. The quantitative estimate of drug-likeness (QED) is 0.580. The van der Waals surface area contributed by atoms with Crippen molar-refractivity contribution in [3.05, 3.63) is 100 Å². The van der Waals surface area contributed by atoms with Crippen molar-refractivity contribution in [2.24, 2.45) is 10.3 Å².